The van der Waals surface area contributed by atoms with E-state index < -0.39 is 0 Å². The molecule has 0 aliphatic rings. The van der Waals surface area contributed by atoms with Crippen LogP contribution in [0.3, 0.4) is 0 Å². The molecule has 0 saturated heterocycles. The van der Waals surface area contributed by atoms with Crippen LogP contribution in [0.1, 0.15) is 0 Å². The second kappa shape index (κ2) is 3.21. The van der Waals surface area contributed by atoms with Gasteiger partial charge in [0, 0.05) is 0 Å². The monoisotopic (exact) mass is 306 g/mol. The molecule has 0 amide bonds. The minimum atomic E-state index is 1.25. The van der Waals surface area contributed by atoms with Crippen molar-refractivity contribution in [3.05, 3.63) is 24.3 Å². The van der Waals surface area contributed by atoms with E-state index in [4.69, 9.17) is 0 Å². The predicted octanol–water partition coefficient (Wildman–Crippen LogP) is -0.726. The molecule has 0 saturated carbocycles. The van der Waals surface area contributed by atoms with Gasteiger partial charge in [0.25, 0.3) is 0 Å². The summed E-state index contributed by atoms with van der Waals surface area (Å²) in [6.07, 6.45) is 0. The first-order valence-corrected chi connectivity index (χ1v) is 5.69. The molecular formula is C6H4In2. The van der Waals surface area contributed by atoms with Crippen LogP contribution < -0.4 is 6.64 Å². The van der Waals surface area contributed by atoms with Crippen molar-refractivity contribution in [2.45, 2.75) is 0 Å². The predicted molar refractivity (Wildman–Crippen MR) is 37.2 cm³/mol. The summed E-state index contributed by atoms with van der Waals surface area (Å²) < 4.78 is 2.96. The average molecular weight is 306 g/mol. The van der Waals surface area contributed by atoms with Gasteiger partial charge in [0.15, 0.2) is 0 Å². The zero-order valence-electron chi connectivity index (χ0n) is 4.46. The molecule has 0 aliphatic carbocycles. The van der Waals surface area contributed by atoms with E-state index in [-0.39, 0.29) is 0 Å². The van der Waals surface area contributed by atoms with E-state index in [9.17, 15) is 0 Å². The Balaban J connectivity index is 3.03. The van der Waals surface area contributed by atoms with E-state index in [1.807, 2.05) is 0 Å². The normalized spacial score (nSPS) is 9.00. The standard InChI is InChI=1S/C6H4.2In/c1-2-4-6-5-3-1;;/h1-2,5-6H;;. The van der Waals surface area contributed by atoms with Gasteiger partial charge in [-0.2, -0.15) is 0 Å². The van der Waals surface area contributed by atoms with Gasteiger partial charge >= 0.3 is 79.7 Å². The second-order valence-corrected chi connectivity index (χ2v) is 5.47. The molecule has 4 radical (unpaired) electrons. The van der Waals surface area contributed by atoms with Crippen molar-refractivity contribution >= 4 is 55.4 Å². The maximum absolute atomic E-state index is 2.21. The first-order chi connectivity index (χ1) is 3.79. The molecule has 0 unspecified atom stereocenters. The molecule has 0 fully saturated rings. The van der Waals surface area contributed by atoms with Crippen LogP contribution in [-0.2, 0) is 0 Å². The van der Waals surface area contributed by atoms with Crippen molar-refractivity contribution in [2.75, 3.05) is 0 Å². The molecule has 0 N–H and O–H groups in total. The van der Waals surface area contributed by atoms with Crippen LogP contribution in [0.25, 0.3) is 0 Å². The van der Waals surface area contributed by atoms with Crippen molar-refractivity contribution in [1.29, 1.82) is 0 Å². The molecule has 0 aromatic heterocycles. The van der Waals surface area contributed by atoms with Crippen molar-refractivity contribution in [2.24, 2.45) is 0 Å². The Morgan fingerprint density at radius 3 is 1.25 bits per heavy atom. The molecule has 1 aromatic carbocycles. The van der Waals surface area contributed by atoms with Gasteiger partial charge in [0.2, 0.25) is 0 Å². The molecule has 0 atom stereocenters. The van der Waals surface area contributed by atoms with E-state index in [0.717, 1.165) is 0 Å². The Hall–Kier alpha value is 0.960. The summed E-state index contributed by atoms with van der Waals surface area (Å²) >= 11 is 2.49. The Kier molecular flexibility index (Phi) is 2.84. The summed E-state index contributed by atoms with van der Waals surface area (Å²) in [6.45, 7) is 0. The molecule has 0 aliphatic heterocycles. The first-order valence-electron chi connectivity index (χ1n) is 2.40. The van der Waals surface area contributed by atoms with Gasteiger partial charge in [0.05, 0.1) is 0 Å². The van der Waals surface area contributed by atoms with Crippen LogP contribution in [0.5, 0.6) is 0 Å². The fraction of sp³-hybridized carbons (Fsp3) is 0. The molecular weight excluding hydrogens is 302 g/mol. The molecule has 8 heavy (non-hydrogen) atoms. The van der Waals surface area contributed by atoms with Gasteiger partial charge < -0.3 is 0 Å². The van der Waals surface area contributed by atoms with E-state index in [2.05, 4.69) is 24.3 Å². The number of rotatable bonds is 0. The fourth-order valence-corrected chi connectivity index (χ4v) is 1.59. The van der Waals surface area contributed by atoms with E-state index >= 15 is 0 Å². The molecule has 1 aromatic rings. The van der Waals surface area contributed by atoms with Gasteiger partial charge in [-0.3, -0.25) is 0 Å². The summed E-state index contributed by atoms with van der Waals surface area (Å²) in [4.78, 5) is 0. The molecule has 0 heterocycles. The van der Waals surface area contributed by atoms with Crippen LogP contribution in [0, 0.1) is 0 Å². The number of benzene rings is 1. The van der Waals surface area contributed by atoms with Gasteiger partial charge in [-0.25, -0.2) is 0 Å². The Bertz CT molecular complexity index is 145. The Morgan fingerprint density at radius 2 is 1.00 bits per heavy atom. The third-order valence-electron chi connectivity index (χ3n) is 0.936. The van der Waals surface area contributed by atoms with Crippen molar-refractivity contribution in [1.82, 2.24) is 0 Å². The summed E-state index contributed by atoms with van der Waals surface area (Å²) in [6, 6.07) is 8.84. The SMILES string of the molecule is [In][c]1cc[c]([In])cc1. The minimum absolute atomic E-state index is 1.25. The van der Waals surface area contributed by atoms with E-state index in [0.29, 0.717) is 0 Å². The molecule has 34 valence electrons. The van der Waals surface area contributed by atoms with Crippen LogP contribution in [0.2, 0.25) is 0 Å². The van der Waals surface area contributed by atoms with Crippen molar-refractivity contribution in [3.63, 3.8) is 0 Å². The van der Waals surface area contributed by atoms with Crippen LogP contribution in [0.4, 0.5) is 0 Å². The van der Waals surface area contributed by atoms with Gasteiger partial charge in [-0.05, 0) is 0 Å². The Labute approximate surface area is 78.8 Å². The van der Waals surface area contributed by atoms with Crippen LogP contribution in [-0.4, -0.2) is 48.7 Å². The number of hydrogen-bond acceptors (Lipinski definition) is 0. The van der Waals surface area contributed by atoms with E-state index in [1.54, 1.807) is 0 Å². The Morgan fingerprint density at radius 1 is 0.750 bits per heavy atom. The van der Waals surface area contributed by atoms with Gasteiger partial charge in [-0.1, -0.05) is 0 Å². The second-order valence-electron chi connectivity index (χ2n) is 1.67. The zero-order chi connectivity index (χ0) is 5.98. The third-order valence-corrected chi connectivity index (χ3v) is 3.13. The van der Waals surface area contributed by atoms with Crippen LogP contribution >= 0.6 is 0 Å². The molecule has 0 nitrogen and oxygen atoms in total. The quantitative estimate of drug-likeness (QED) is 0.593. The van der Waals surface area contributed by atoms with E-state index in [1.165, 1.54) is 55.4 Å². The molecule has 1 rings (SSSR count). The topological polar surface area (TPSA) is 0 Å². The maximum atomic E-state index is 2.21. The van der Waals surface area contributed by atoms with Crippen LogP contribution in [0.15, 0.2) is 24.3 Å². The molecule has 0 bridgehead atoms. The summed E-state index contributed by atoms with van der Waals surface area (Å²) in [5, 5.41) is 0. The third kappa shape index (κ3) is 2.06. The first kappa shape index (κ1) is 7.07. The van der Waals surface area contributed by atoms with Gasteiger partial charge in [-0.15, -0.1) is 0 Å². The van der Waals surface area contributed by atoms with Crippen molar-refractivity contribution < 1.29 is 0 Å². The van der Waals surface area contributed by atoms with Crippen molar-refractivity contribution in [3.8, 4) is 0 Å². The fourth-order valence-electron chi connectivity index (χ4n) is 0.496. The summed E-state index contributed by atoms with van der Waals surface area (Å²) in [5.41, 5.74) is 0. The molecule has 2 heteroatoms. The van der Waals surface area contributed by atoms with Gasteiger partial charge in [0.1, 0.15) is 0 Å². The zero-order valence-corrected chi connectivity index (χ0v) is 11.1. The average Bonchev–Trinajstić information content (AvgIpc) is 1.77. The molecule has 0 spiro atoms. The number of hydrogen-bond donors (Lipinski definition) is 0. The summed E-state index contributed by atoms with van der Waals surface area (Å²) in [5.74, 6) is 0. The summed E-state index contributed by atoms with van der Waals surface area (Å²) in [7, 11) is 0.